The Labute approximate surface area is 231 Å². The molecule has 39 heavy (non-hydrogen) atoms. The van der Waals surface area contributed by atoms with Gasteiger partial charge >= 0.3 is 0 Å². The molecule has 2 aromatic rings. The third kappa shape index (κ3) is 7.67. The average molecular weight is 545 g/mol. The number of halogens is 3. The minimum absolute atomic E-state index is 0.0123. The molecule has 1 N–H and O–H groups in total. The number of aliphatic hydroxyl groups is 1. The Morgan fingerprint density at radius 3 is 2.10 bits per heavy atom. The van der Waals surface area contributed by atoms with Gasteiger partial charge in [0, 0.05) is 0 Å². The van der Waals surface area contributed by atoms with Crippen LogP contribution < -0.4 is 4.74 Å². The van der Waals surface area contributed by atoms with Gasteiger partial charge in [0.1, 0.15) is 0 Å². The zero-order chi connectivity index (χ0) is 27.8. The molecule has 0 spiro atoms. The molecule has 0 aliphatic heterocycles. The lowest BCUT2D eigenvalue weighted by molar-refractivity contribution is 0.0130. The van der Waals surface area contributed by atoms with Crippen LogP contribution in [-0.4, -0.2) is 23.9 Å². The molecule has 2 aliphatic rings. The summed E-state index contributed by atoms with van der Waals surface area (Å²) >= 11 is 0. The molecule has 1 atom stereocenters. The number of ether oxygens (including phenoxy) is 2. The van der Waals surface area contributed by atoms with Crippen molar-refractivity contribution in [2.24, 2.45) is 5.92 Å². The van der Waals surface area contributed by atoms with Gasteiger partial charge in [-0.1, -0.05) is 37.6 Å². The highest BCUT2D eigenvalue weighted by Gasteiger charge is 2.31. The Bertz CT molecular complexity index is 1070. The van der Waals surface area contributed by atoms with Gasteiger partial charge < -0.3 is 14.6 Å². The van der Waals surface area contributed by atoms with Crippen molar-refractivity contribution in [3.05, 3.63) is 77.1 Å². The largest absolute Gasteiger partial charge is 0.490 e. The van der Waals surface area contributed by atoms with Crippen molar-refractivity contribution in [3.63, 3.8) is 0 Å². The summed E-state index contributed by atoms with van der Waals surface area (Å²) in [6.07, 6.45) is 10.1. The molecule has 0 radical (unpaired) electrons. The molecule has 0 aromatic heterocycles. The van der Waals surface area contributed by atoms with Gasteiger partial charge in [-0.05, 0) is 111 Å². The van der Waals surface area contributed by atoms with Crippen LogP contribution in [0, 0.1) is 23.4 Å². The first kappa shape index (κ1) is 29.7. The van der Waals surface area contributed by atoms with Crippen molar-refractivity contribution in [3.8, 4) is 5.75 Å². The molecule has 2 fully saturated rings. The minimum atomic E-state index is -0.698. The fraction of sp³-hybridized carbons (Fsp3) is 0.576. The molecular weight excluding hydrogens is 501 g/mol. The quantitative estimate of drug-likeness (QED) is 0.214. The van der Waals surface area contributed by atoms with Crippen molar-refractivity contribution >= 4 is 0 Å². The first-order valence-corrected chi connectivity index (χ1v) is 14.7. The summed E-state index contributed by atoms with van der Waals surface area (Å²) in [5, 5.41) is 10.3. The summed E-state index contributed by atoms with van der Waals surface area (Å²) < 4.78 is 56.2. The van der Waals surface area contributed by atoms with Gasteiger partial charge in [-0.2, -0.15) is 0 Å². The maximum absolute atomic E-state index is 15.2. The highest BCUT2D eigenvalue weighted by atomic mass is 19.2. The van der Waals surface area contributed by atoms with Gasteiger partial charge in [0.25, 0.3) is 0 Å². The monoisotopic (exact) mass is 544 g/mol. The van der Waals surface area contributed by atoms with Gasteiger partial charge in [0.15, 0.2) is 23.2 Å². The zero-order valence-corrected chi connectivity index (χ0v) is 23.1. The average Bonchev–Trinajstić information content (AvgIpc) is 2.95. The van der Waals surface area contributed by atoms with Crippen LogP contribution in [0.1, 0.15) is 106 Å². The molecule has 0 amide bonds. The van der Waals surface area contributed by atoms with Gasteiger partial charge in [-0.3, -0.25) is 0 Å². The summed E-state index contributed by atoms with van der Waals surface area (Å²) in [5.41, 5.74) is 1.69. The maximum Gasteiger partial charge on any atom is 0.165 e. The third-order valence-corrected chi connectivity index (χ3v) is 8.66. The second kappa shape index (κ2) is 14.4. The van der Waals surface area contributed by atoms with Crippen molar-refractivity contribution < 1.29 is 27.8 Å². The number of benzene rings is 2. The maximum atomic E-state index is 15.2. The topological polar surface area (TPSA) is 38.7 Å². The van der Waals surface area contributed by atoms with Crippen molar-refractivity contribution in [1.82, 2.24) is 0 Å². The molecule has 6 heteroatoms. The Morgan fingerprint density at radius 1 is 0.923 bits per heavy atom. The summed E-state index contributed by atoms with van der Waals surface area (Å²) in [6, 6.07) is 8.45. The van der Waals surface area contributed by atoms with Crippen LogP contribution >= 0.6 is 0 Å². The Balaban J connectivity index is 1.27. The third-order valence-electron chi connectivity index (χ3n) is 8.66. The SMILES string of the molecule is C=CCCOc1ccc(COC2CCC(c3ccc(C4CCC(C(O)CCC)CC4)c(F)c3F)CC2)cc1F. The minimum Gasteiger partial charge on any atom is -0.490 e. The van der Waals surface area contributed by atoms with Gasteiger partial charge in [-0.25, -0.2) is 13.2 Å². The first-order valence-electron chi connectivity index (χ1n) is 14.7. The summed E-state index contributed by atoms with van der Waals surface area (Å²) in [5.74, 6) is -1.33. The predicted molar refractivity (Wildman–Crippen MR) is 148 cm³/mol. The zero-order valence-electron chi connectivity index (χ0n) is 23.1. The molecule has 2 aromatic carbocycles. The van der Waals surface area contributed by atoms with Gasteiger partial charge in [0.05, 0.1) is 25.4 Å². The first-order chi connectivity index (χ1) is 18.9. The van der Waals surface area contributed by atoms with E-state index in [0.717, 1.165) is 69.8 Å². The van der Waals surface area contributed by atoms with E-state index in [1.807, 2.05) is 0 Å². The van der Waals surface area contributed by atoms with E-state index in [9.17, 15) is 9.50 Å². The molecule has 4 rings (SSSR count). The fourth-order valence-electron chi connectivity index (χ4n) is 6.31. The Morgan fingerprint density at radius 2 is 1.54 bits per heavy atom. The van der Waals surface area contributed by atoms with Crippen LogP contribution in [-0.2, 0) is 11.3 Å². The van der Waals surface area contributed by atoms with Crippen LogP contribution in [0.5, 0.6) is 5.75 Å². The number of hydrogen-bond acceptors (Lipinski definition) is 3. The Kier molecular flexibility index (Phi) is 10.9. The molecule has 0 saturated heterocycles. The van der Waals surface area contributed by atoms with Crippen LogP contribution in [0.3, 0.4) is 0 Å². The van der Waals surface area contributed by atoms with E-state index in [2.05, 4.69) is 13.5 Å². The van der Waals surface area contributed by atoms with E-state index >= 15 is 8.78 Å². The van der Waals surface area contributed by atoms with Crippen LogP contribution in [0.15, 0.2) is 43.0 Å². The predicted octanol–water partition coefficient (Wildman–Crippen LogP) is 8.74. The van der Waals surface area contributed by atoms with E-state index in [1.165, 1.54) is 6.07 Å². The molecule has 2 aliphatic carbocycles. The van der Waals surface area contributed by atoms with Gasteiger partial charge in [0.2, 0.25) is 0 Å². The molecule has 0 bridgehead atoms. The second-order valence-electron chi connectivity index (χ2n) is 11.3. The highest BCUT2D eigenvalue weighted by molar-refractivity contribution is 5.32. The molecule has 1 unspecified atom stereocenters. The van der Waals surface area contributed by atoms with Crippen LogP contribution in [0.2, 0.25) is 0 Å². The molecular formula is C33H43F3O3. The number of rotatable bonds is 12. The summed E-state index contributed by atoms with van der Waals surface area (Å²) in [6.45, 7) is 6.38. The smallest absolute Gasteiger partial charge is 0.165 e. The van der Waals surface area contributed by atoms with Crippen LogP contribution in [0.4, 0.5) is 13.2 Å². The second-order valence-corrected chi connectivity index (χ2v) is 11.3. The summed E-state index contributed by atoms with van der Waals surface area (Å²) in [4.78, 5) is 0. The molecule has 214 valence electrons. The molecule has 3 nitrogen and oxygen atoms in total. The van der Waals surface area contributed by atoms with Crippen molar-refractivity contribution in [2.75, 3.05) is 6.61 Å². The highest BCUT2D eigenvalue weighted by Crippen LogP contribution is 2.42. The van der Waals surface area contributed by atoms with E-state index in [4.69, 9.17) is 9.47 Å². The van der Waals surface area contributed by atoms with E-state index < -0.39 is 17.5 Å². The Hall–Kier alpha value is -2.31. The van der Waals surface area contributed by atoms with E-state index in [-0.39, 0.29) is 35.7 Å². The van der Waals surface area contributed by atoms with Crippen molar-refractivity contribution in [1.29, 1.82) is 0 Å². The number of hydrogen-bond donors (Lipinski definition) is 1. The lowest BCUT2D eigenvalue weighted by atomic mass is 9.75. The van der Waals surface area contributed by atoms with Crippen molar-refractivity contribution in [2.45, 2.75) is 108 Å². The summed E-state index contributed by atoms with van der Waals surface area (Å²) in [7, 11) is 0. The van der Waals surface area contributed by atoms with E-state index in [1.54, 1.807) is 30.3 Å². The van der Waals surface area contributed by atoms with Crippen LogP contribution in [0.25, 0.3) is 0 Å². The normalized spacial score (nSPS) is 24.3. The lowest BCUT2D eigenvalue weighted by Gasteiger charge is -2.32. The molecule has 2 saturated carbocycles. The van der Waals surface area contributed by atoms with Gasteiger partial charge in [-0.15, -0.1) is 6.58 Å². The lowest BCUT2D eigenvalue weighted by Crippen LogP contribution is -2.25. The van der Waals surface area contributed by atoms with E-state index in [0.29, 0.717) is 30.8 Å². The molecule has 0 heterocycles. The standard InChI is InChI=1S/C33H43F3O3/c1-3-5-19-38-31-18-7-22(20-29(31)34)21-39-26-14-12-24(13-15-26)28-17-16-27(32(35)33(28)36)23-8-10-25(11-9-23)30(37)6-4-2/h3,7,16-18,20,23-26,30,37H,1,4-6,8-15,19,21H2,2H3. The number of aliphatic hydroxyl groups excluding tert-OH is 1. The fourth-order valence-corrected chi connectivity index (χ4v) is 6.31.